The van der Waals surface area contributed by atoms with Crippen molar-refractivity contribution >= 4 is 28.6 Å². The Balaban J connectivity index is 3.77. The Morgan fingerprint density at radius 1 is 1.64 bits per heavy atom. The SMILES string of the molecule is COC(=O)C[C@@H](/C=C/I)OC. The highest BCUT2D eigenvalue weighted by Gasteiger charge is 2.08. The maximum Gasteiger partial charge on any atom is 0.308 e. The first-order valence-electron chi connectivity index (χ1n) is 3.11. The first kappa shape index (κ1) is 10.9. The number of esters is 1. The molecule has 11 heavy (non-hydrogen) atoms. The summed E-state index contributed by atoms with van der Waals surface area (Å²) in [5.41, 5.74) is 0. The van der Waals surface area contributed by atoms with E-state index in [-0.39, 0.29) is 18.5 Å². The molecule has 64 valence electrons. The second-order valence-electron chi connectivity index (χ2n) is 1.87. The molecule has 0 fully saturated rings. The lowest BCUT2D eigenvalue weighted by Crippen LogP contribution is -2.14. The molecule has 0 aromatic heterocycles. The predicted molar refractivity (Wildman–Crippen MR) is 50.6 cm³/mol. The van der Waals surface area contributed by atoms with Gasteiger partial charge in [0.05, 0.1) is 19.6 Å². The first-order valence-corrected chi connectivity index (χ1v) is 4.35. The number of carbonyl (C=O) groups excluding carboxylic acids is 1. The van der Waals surface area contributed by atoms with Gasteiger partial charge in [-0.1, -0.05) is 22.6 Å². The van der Waals surface area contributed by atoms with Crippen LogP contribution in [0.2, 0.25) is 0 Å². The van der Waals surface area contributed by atoms with E-state index in [1.807, 2.05) is 4.08 Å². The minimum absolute atomic E-state index is 0.167. The fraction of sp³-hybridized carbons (Fsp3) is 0.571. The Morgan fingerprint density at radius 3 is 2.64 bits per heavy atom. The average Bonchev–Trinajstić information content (AvgIpc) is 2.03. The zero-order valence-electron chi connectivity index (χ0n) is 6.54. The number of hydrogen-bond acceptors (Lipinski definition) is 3. The van der Waals surface area contributed by atoms with Crippen LogP contribution in [-0.2, 0) is 14.3 Å². The molecule has 0 unspecified atom stereocenters. The highest BCUT2D eigenvalue weighted by Crippen LogP contribution is 2.02. The van der Waals surface area contributed by atoms with E-state index in [0.29, 0.717) is 0 Å². The first-order chi connectivity index (χ1) is 5.24. The molecule has 0 aliphatic heterocycles. The molecule has 0 aliphatic carbocycles. The van der Waals surface area contributed by atoms with Crippen LogP contribution in [0.1, 0.15) is 6.42 Å². The van der Waals surface area contributed by atoms with E-state index >= 15 is 0 Å². The number of rotatable bonds is 4. The molecule has 0 aliphatic rings. The third kappa shape index (κ3) is 5.20. The maximum absolute atomic E-state index is 10.7. The molecular formula is C7H11IO3. The molecule has 0 radical (unpaired) electrons. The number of hydrogen-bond donors (Lipinski definition) is 0. The van der Waals surface area contributed by atoms with Crippen LogP contribution in [0.3, 0.4) is 0 Å². The summed E-state index contributed by atoms with van der Waals surface area (Å²) in [5.74, 6) is -0.258. The van der Waals surface area contributed by atoms with Gasteiger partial charge in [-0.3, -0.25) is 4.79 Å². The van der Waals surface area contributed by atoms with Gasteiger partial charge in [-0.05, 0) is 10.2 Å². The van der Waals surface area contributed by atoms with E-state index in [2.05, 4.69) is 27.3 Å². The van der Waals surface area contributed by atoms with Crippen molar-refractivity contribution < 1.29 is 14.3 Å². The minimum atomic E-state index is -0.258. The second-order valence-corrected chi connectivity index (χ2v) is 2.59. The molecule has 0 rings (SSSR count). The smallest absolute Gasteiger partial charge is 0.308 e. The van der Waals surface area contributed by atoms with Gasteiger partial charge in [-0.25, -0.2) is 0 Å². The average molecular weight is 270 g/mol. The summed E-state index contributed by atoms with van der Waals surface area (Å²) in [4.78, 5) is 10.7. The van der Waals surface area contributed by atoms with E-state index in [9.17, 15) is 4.79 Å². The summed E-state index contributed by atoms with van der Waals surface area (Å²) in [7, 11) is 2.92. The molecule has 3 nitrogen and oxygen atoms in total. The van der Waals surface area contributed by atoms with E-state index in [1.54, 1.807) is 13.2 Å². The Morgan fingerprint density at radius 2 is 2.27 bits per heavy atom. The molecule has 0 amide bonds. The predicted octanol–water partition coefficient (Wildman–Crippen LogP) is 1.51. The monoisotopic (exact) mass is 270 g/mol. The highest BCUT2D eigenvalue weighted by molar-refractivity contribution is 14.1. The lowest BCUT2D eigenvalue weighted by molar-refractivity contribution is -0.142. The van der Waals surface area contributed by atoms with Gasteiger partial charge in [0.25, 0.3) is 0 Å². The van der Waals surface area contributed by atoms with Gasteiger partial charge in [-0.2, -0.15) is 0 Å². The molecule has 0 bridgehead atoms. The van der Waals surface area contributed by atoms with Crippen molar-refractivity contribution in [2.45, 2.75) is 12.5 Å². The Kier molecular flexibility index (Phi) is 6.54. The van der Waals surface area contributed by atoms with Crippen molar-refractivity contribution in [2.75, 3.05) is 14.2 Å². The molecule has 0 saturated heterocycles. The second kappa shape index (κ2) is 6.60. The van der Waals surface area contributed by atoms with Gasteiger partial charge in [-0.15, -0.1) is 0 Å². The van der Waals surface area contributed by atoms with Crippen LogP contribution >= 0.6 is 22.6 Å². The lowest BCUT2D eigenvalue weighted by Gasteiger charge is -2.07. The summed E-state index contributed by atoms with van der Waals surface area (Å²) in [5, 5.41) is 0. The molecular weight excluding hydrogens is 259 g/mol. The van der Waals surface area contributed by atoms with Crippen molar-refractivity contribution in [1.82, 2.24) is 0 Å². The van der Waals surface area contributed by atoms with E-state index in [1.165, 1.54) is 7.11 Å². The number of methoxy groups -OCH3 is 2. The highest BCUT2D eigenvalue weighted by atomic mass is 127. The summed E-state index contributed by atoms with van der Waals surface area (Å²) in [6.45, 7) is 0. The van der Waals surface area contributed by atoms with E-state index < -0.39 is 0 Å². The fourth-order valence-corrected chi connectivity index (χ4v) is 1.02. The molecule has 0 aromatic rings. The van der Waals surface area contributed by atoms with Crippen LogP contribution in [-0.4, -0.2) is 26.3 Å². The Bertz CT molecular complexity index is 145. The van der Waals surface area contributed by atoms with E-state index in [4.69, 9.17) is 4.74 Å². The zero-order valence-corrected chi connectivity index (χ0v) is 8.70. The summed E-state index contributed by atoms with van der Waals surface area (Å²) in [6.07, 6.45) is 1.91. The Hall–Kier alpha value is -0.100. The topological polar surface area (TPSA) is 35.5 Å². The van der Waals surface area contributed by atoms with Gasteiger partial charge in [0.1, 0.15) is 0 Å². The lowest BCUT2D eigenvalue weighted by atomic mass is 10.2. The number of ether oxygens (including phenoxy) is 2. The molecule has 0 aromatic carbocycles. The van der Waals surface area contributed by atoms with Gasteiger partial charge >= 0.3 is 5.97 Å². The Labute approximate surface area is 79.9 Å². The molecule has 0 spiro atoms. The number of carbonyl (C=O) groups is 1. The minimum Gasteiger partial charge on any atom is -0.469 e. The zero-order chi connectivity index (χ0) is 8.69. The van der Waals surface area contributed by atoms with Crippen molar-refractivity contribution in [1.29, 1.82) is 0 Å². The molecule has 4 heteroatoms. The van der Waals surface area contributed by atoms with Gasteiger partial charge < -0.3 is 9.47 Å². The molecule has 0 saturated carbocycles. The van der Waals surface area contributed by atoms with Gasteiger partial charge in [0.15, 0.2) is 0 Å². The third-order valence-electron chi connectivity index (χ3n) is 1.19. The van der Waals surface area contributed by atoms with Gasteiger partial charge in [0.2, 0.25) is 0 Å². The normalized spacial score (nSPS) is 13.4. The van der Waals surface area contributed by atoms with Crippen molar-refractivity contribution in [3.05, 3.63) is 10.2 Å². The van der Waals surface area contributed by atoms with Crippen molar-refractivity contribution in [2.24, 2.45) is 0 Å². The third-order valence-corrected chi connectivity index (χ3v) is 1.60. The fourth-order valence-electron chi connectivity index (χ4n) is 0.559. The summed E-state index contributed by atoms with van der Waals surface area (Å²) >= 11 is 2.07. The van der Waals surface area contributed by atoms with Crippen LogP contribution in [0.4, 0.5) is 0 Å². The maximum atomic E-state index is 10.7. The standard InChI is InChI=1S/C7H11IO3/c1-10-6(3-4-8)5-7(9)11-2/h3-4,6H,5H2,1-2H3/b4-3+/t6-/m1/s1. The molecule has 1 atom stereocenters. The van der Waals surface area contributed by atoms with Crippen LogP contribution < -0.4 is 0 Å². The quantitative estimate of drug-likeness (QED) is 0.574. The molecule has 0 heterocycles. The van der Waals surface area contributed by atoms with Crippen LogP contribution in [0.5, 0.6) is 0 Å². The van der Waals surface area contributed by atoms with Crippen LogP contribution in [0.25, 0.3) is 0 Å². The molecule has 0 N–H and O–H groups in total. The van der Waals surface area contributed by atoms with Crippen molar-refractivity contribution in [3.8, 4) is 0 Å². The van der Waals surface area contributed by atoms with E-state index in [0.717, 1.165) is 0 Å². The van der Waals surface area contributed by atoms with Crippen LogP contribution in [0, 0.1) is 0 Å². The van der Waals surface area contributed by atoms with Crippen molar-refractivity contribution in [3.63, 3.8) is 0 Å². The van der Waals surface area contributed by atoms with Crippen LogP contribution in [0.15, 0.2) is 10.2 Å². The largest absolute Gasteiger partial charge is 0.469 e. The summed E-state index contributed by atoms with van der Waals surface area (Å²) < 4.78 is 11.3. The summed E-state index contributed by atoms with van der Waals surface area (Å²) in [6, 6.07) is 0. The number of halogens is 1. The van der Waals surface area contributed by atoms with Gasteiger partial charge in [0, 0.05) is 7.11 Å².